The topological polar surface area (TPSA) is 9.23 Å². The van der Waals surface area contributed by atoms with Crippen LogP contribution in [0.25, 0.3) is 6.08 Å². The molecule has 1 aromatic rings. The smallest absolute Gasteiger partial charge is 0.242 e. The minimum absolute atomic E-state index is 0.496. The lowest BCUT2D eigenvalue weighted by atomic mass is 10.1. The SMILES string of the molecule is CCO[Si]C1C=Cc2ccccc21. The first kappa shape index (κ1) is 8.72. The minimum atomic E-state index is 0.496. The molecule has 1 unspecified atom stereocenters. The molecule has 0 heterocycles. The third kappa shape index (κ3) is 1.74. The van der Waals surface area contributed by atoms with Crippen LogP contribution in [0, 0.1) is 0 Å². The summed E-state index contributed by atoms with van der Waals surface area (Å²) in [5, 5.41) is 0. The molecule has 0 N–H and O–H groups in total. The van der Waals surface area contributed by atoms with Crippen molar-refractivity contribution in [2.75, 3.05) is 6.61 Å². The van der Waals surface area contributed by atoms with Gasteiger partial charge in [-0.05, 0) is 18.1 Å². The molecule has 1 aromatic carbocycles. The van der Waals surface area contributed by atoms with Crippen molar-refractivity contribution < 1.29 is 4.43 Å². The molecular weight excluding hydrogens is 176 g/mol. The Balaban J connectivity index is 2.14. The average Bonchev–Trinajstić information content (AvgIpc) is 2.58. The molecular formula is C11H12OSi. The van der Waals surface area contributed by atoms with Gasteiger partial charge in [0.05, 0.1) is 0 Å². The van der Waals surface area contributed by atoms with Crippen molar-refractivity contribution in [1.82, 2.24) is 0 Å². The van der Waals surface area contributed by atoms with Gasteiger partial charge in [0.1, 0.15) is 0 Å². The van der Waals surface area contributed by atoms with E-state index in [0.29, 0.717) is 15.3 Å². The number of rotatable bonds is 3. The average molecular weight is 188 g/mol. The molecule has 2 radical (unpaired) electrons. The summed E-state index contributed by atoms with van der Waals surface area (Å²) in [5.74, 6) is 0. The Bertz CT molecular complexity index is 320. The lowest BCUT2D eigenvalue weighted by molar-refractivity contribution is 0.357. The molecule has 0 fully saturated rings. The van der Waals surface area contributed by atoms with Gasteiger partial charge >= 0.3 is 0 Å². The van der Waals surface area contributed by atoms with Gasteiger partial charge in [-0.15, -0.1) is 0 Å². The Morgan fingerprint density at radius 3 is 3.08 bits per heavy atom. The van der Waals surface area contributed by atoms with E-state index in [-0.39, 0.29) is 0 Å². The molecule has 13 heavy (non-hydrogen) atoms. The van der Waals surface area contributed by atoms with Crippen LogP contribution in [-0.4, -0.2) is 16.4 Å². The quantitative estimate of drug-likeness (QED) is 0.662. The van der Waals surface area contributed by atoms with Crippen molar-refractivity contribution in [2.24, 2.45) is 0 Å². The van der Waals surface area contributed by atoms with E-state index in [1.54, 1.807) is 0 Å². The van der Waals surface area contributed by atoms with Gasteiger partial charge in [0.2, 0.25) is 9.76 Å². The molecule has 1 atom stereocenters. The van der Waals surface area contributed by atoms with Gasteiger partial charge in [-0.1, -0.05) is 36.4 Å². The molecule has 1 nitrogen and oxygen atoms in total. The highest BCUT2D eigenvalue weighted by atomic mass is 28.2. The van der Waals surface area contributed by atoms with Crippen molar-refractivity contribution in [3.8, 4) is 0 Å². The van der Waals surface area contributed by atoms with Crippen molar-refractivity contribution >= 4 is 15.8 Å². The fourth-order valence-corrected chi connectivity index (χ4v) is 2.44. The lowest BCUT2D eigenvalue weighted by Crippen LogP contribution is -2.08. The summed E-state index contributed by atoms with van der Waals surface area (Å²) < 4.78 is 5.45. The number of benzene rings is 1. The van der Waals surface area contributed by atoms with Gasteiger partial charge in [0.15, 0.2) is 0 Å². The predicted octanol–water partition coefficient (Wildman–Crippen LogP) is 2.41. The number of allylic oxidation sites excluding steroid dienone is 1. The second kappa shape index (κ2) is 3.90. The molecule has 66 valence electrons. The molecule has 2 heteroatoms. The first-order valence-corrected chi connectivity index (χ1v) is 5.55. The third-order valence-electron chi connectivity index (χ3n) is 2.15. The van der Waals surface area contributed by atoms with Crippen LogP contribution >= 0.6 is 0 Å². The highest BCUT2D eigenvalue weighted by Crippen LogP contribution is 2.28. The van der Waals surface area contributed by atoms with E-state index in [1.165, 1.54) is 11.1 Å². The first-order valence-electron chi connectivity index (χ1n) is 4.56. The summed E-state index contributed by atoms with van der Waals surface area (Å²) in [6, 6.07) is 8.51. The summed E-state index contributed by atoms with van der Waals surface area (Å²) in [6.45, 7) is 2.85. The van der Waals surface area contributed by atoms with Gasteiger partial charge in [-0.3, -0.25) is 0 Å². The fraction of sp³-hybridized carbons (Fsp3) is 0.273. The predicted molar refractivity (Wildman–Crippen MR) is 55.6 cm³/mol. The van der Waals surface area contributed by atoms with Gasteiger partial charge in [-0.25, -0.2) is 0 Å². The van der Waals surface area contributed by atoms with Crippen LogP contribution in [0.2, 0.25) is 0 Å². The van der Waals surface area contributed by atoms with Crippen molar-refractivity contribution in [1.29, 1.82) is 0 Å². The molecule has 1 aliphatic carbocycles. The van der Waals surface area contributed by atoms with Crippen LogP contribution in [0.5, 0.6) is 0 Å². The zero-order chi connectivity index (χ0) is 9.10. The van der Waals surface area contributed by atoms with E-state index in [9.17, 15) is 0 Å². The molecule has 0 amide bonds. The zero-order valence-electron chi connectivity index (χ0n) is 7.66. The first-order chi connectivity index (χ1) is 6.42. The molecule has 0 aromatic heterocycles. The van der Waals surface area contributed by atoms with Crippen molar-refractivity contribution in [3.63, 3.8) is 0 Å². The second-order valence-electron chi connectivity index (χ2n) is 3.02. The molecule has 0 saturated heterocycles. The summed E-state index contributed by atoms with van der Waals surface area (Å²) in [5.41, 5.74) is 3.25. The van der Waals surface area contributed by atoms with E-state index in [1.807, 2.05) is 6.92 Å². The van der Waals surface area contributed by atoms with Crippen LogP contribution < -0.4 is 0 Å². The van der Waals surface area contributed by atoms with E-state index in [0.717, 1.165) is 6.61 Å². The lowest BCUT2D eigenvalue weighted by Gasteiger charge is -2.07. The van der Waals surface area contributed by atoms with Crippen LogP contribution in [-0.2, 0) is 4.43 Å². The minimum Gasteiger partial charge on any atom is -0.417 e. The fourth-order valence-electron chi connectivity index (χ4n) is 1.53. The normalized spacial score (nSPS) is 19.0. The van der Waals surface area contributed by atoms with E-state index < -0.39 is 0 Å². The Hall–Kier alpha value is -0.863. The molecule has 0 saturated carbocycles. The van der Waals surface area contributed by atoms with E-state index in [2.05, 4.69) is 36.4 Å². The summed E-state index contributed by atoms with van der Waals surface area (Å²) in [4.78, 5) is 0. The number of hydrogen-bond donors (Lipinski definition) is 0. The largest absolute Gasteiger partial charge is 0.417 e. The van der Waals surface area contributed by atoms with Gasteiger partial charge in [0.25, 0.3) is 0 Å². The third-order valence-corrected chi connectivity index (χ3v) is 3.37. The number of fused-ring (bicyclic) bond motifs is 1. The van der Waals surface area contributed by atoms with Crippen molar-refractivity contribution in [2.45, 2.75) is 12.5 Å². The van der Waals surface area contributed by atoms with Gasteiger partial charge in [-0.2, -0.15) is 0 Å². The van der Waals surface area contributed by atoms with E-state index in [4.69, 9.17) is 4.43 Å². The summed E-state index contributed by atoms with van der Waals surface area (Å²) >= 11 is 0. The Labute approximate surface area is 81.4 Å². The summed E-state index contributed by atoms with van der Waals surface area (Å²) in [7, 11) is 0.566. The molecule has 2 rings (SSSR count). The molecule has 1 aliphatic rings. The maximum Gasteiger partial charge on any atom is 0.242 e. The van der Waals surface area contributed by atoms with Crippen molar-refractivity contribution in [3.05, 3.63) is 41.5 Å². The zero-order valence-corrected chi connectivity index (χ0v) is 8.66. The van der Waals surface area contributed by atoms with E-state index >= 15 is 0 Å². The monoisotopic (exact) mass is 188 g/mol. The molecule has 0 bridgehead atoms. The van der Waals surface area contributed by atoms with Crippen LogP contribution in [0.3, 0.4) is 0 Å². The summed E-state index contributed by atoms with van der Waals surface area (Å²) in [6.07, 6.45) is 4.42. The standard InChI is InChI=1S/C11H12OSi/c1-2-12-13-11-8-7-9-5-3-4-6-10(9)11/h3-8,11H,2H2,1H3. The second-order valence-corrected chi connectivity index (χ2v) is 4.16. The Kier molecular flexibility index (Phi) is 2.61. The highest BCUT2D eigenvalue weighted by Gasteiger charge is 2.17. The maximum absolute atomic E-state index is 5.45. The van der Waals surface area contributed by atoms with Crippen LogP contribution in [0.15, 0.2) is 30.3 Å². The van der Waals surface area contributed by atoms with Gasteiger partial charge < -0.3 is 4.43 Å². The molecule has 0 spiro atoms. The van der Waals surface area contributed by atoms with Crippen LogP contribution in [0.1, 0.15) is 23.6 Å². The van der Waals surface area contributed by atoms with Crippen LogP contribution in [0.4, 0.5) is 0 Å². The van der Waals surface area contributed by atoms with Gasteiger partial charge in [0, 0.05) is 12.1 Å². The highest BCUT2D eigenvalue weighted by molar-refractivity contribution is 6.31. The number of hydrogen-bond acceptors (Lipinski definition) is 1. The molecule has 0 aliphatic heterocycles. The Morgan fingerprint density at radius 1 is 1.38 bits per heavy atom. The maximum atomic E-state index is 5.45. The Morgan fingerprint density at radius 2 is 2.23 bits per heavy atom.